The molecular formula is C18H16Cl2N4O3S2. The largest absolute Gasteiger partial charge is 0.302 e. The second-order valence-electron chi connectivity index (χ2n) is 6.16. The zero-order valence-corrected chi connectivity index (χ0v) is 18.5. The lowest BCUT2D eigenvalue weighted by atomic mass is 10.2. The number of sulfonamides is 1. The average molecular weight is 471 g/mol. The van der Waals surface area contributed by atoms with Crippen LogP contribution in [0.4, 0.5) is 10.8 Å². The molecule has 0 aliphatic carbocycles. The molecule has 0 radical (unpaired) electrons. The summed E-state index contributed by atoms with van der Waals surface area (Å²) >= 11 is 13.2. The fourth-order valence-electron chi connectivity index (χ4n) is 2.52. The van der Waals surface area contributed by atoms with Crippen LogP contribution in [0.15, 0.2) is 36.5 Å². The summed E-state index contributed by atoms with van der Waals surface area (Å²) < 4.78 is 27.6. The van der Waals surface area contributed by atoms with Crippen molar-refractivity contribution in [2.24, 2.45) is 0 Å². The van der Waals surface area contributed by atoms with Crippen LogP contribution in [0.3, 0.4) is 0 Å². The molecule has 3 rings (SSSR count). The molecule has 0 fully saturated rings. The molecule has 0 aliphatic heterocycles. The summed E-state index contributed by atoms with van der Waals surface area (Å²) in [5.74, 6) is -0.466. The van der Waals surface area contributed by atoms with Crippen molar-refractivity contribution < 1.29 is 13.2 Å². The number of amides is 1. The molecule has 2 heterocycles. The maximum absolute atomic E-state index is 12.6. The van der Waals surface area contributed by atoms with Crippen LogP contribution in [0.5, 0.6) is 0 Å². The van der Waals surface area contributed by atoms with Gasteiger partial charge in [0.05, 0.1) is 22.0 Å². The second-order valence-corrected chi connectivity index (χ2v) is 9.68. The lowest BCUT2D eigenvalue weighted by Crippen LogP contribution is -2.15. The van der Waals surface area contributed by atoms with E-state index in [0.29, 0.717) is 27.0 Å². The zero-order chi connectivity index (χ0) is 21.2. The van der Waals surface area contributed by atoms with Crippen molar-refractivity contribution in [3.8, 4) is 10.4 Å². The van der Waals surface area contributed by atoms with Gasteiger partial charge in [-0.05, 0) is 30.7 Å². The molecule has 2 N–H and O–H groups in total. The third kappa shape index (κ3) is 5.66. The standard InChI is InChI=1S/C18H16Cl2N4O3S2/c1-10-16(28-18(22-10)23-11(2)25)13-7-15(17(20)21-8-13)24-29(26,27)9-12-3-5-14(19)6-4-12/h3-8,24H,9H2,1-2H3,(H,22,23,25). The van der Waals surface area contributed by atoms with Gasteiger partial charge in [-0.2, -0.15) is 0 Å². The van der Waals surface area contributed by atoms with Crippen molar-refractivity contribution in [1.29, 1.82) is 0 Å². The highest BCUT2D eigenvalue weighted by atomic mass is 35.5. The summed E-state index contributed by atoms with van der Waals surface area (Å²) in [6.45, 7) is 3.18. The molecule has 29 heavy (non-hydrogen) atoms. The van der Waals surface area contributed by atoms with Gasteiger partial charge in [-0.3, -0.25) is 9.52 Å². The Kier molecular flexibility index (Phi) is 6.42. The molecule has 11 heteroatoms. The summed E-state index contributed by atoms with van der Waals surface area (Å²) in [4.78, 5) is 20.4. The van der Waals surface area contributed by atoms with Gasteiger partial charge in [0.1, 0.15) is 0 Å². The molecule has 0 spiro atoms. The van der Waals surface area contributed by atoms with Gasteiger partial charge in [0.15, 0.2) is 10.3 Å². The number of hydrogen-bond acceptors (Lipinski definition) is 6. The number of pyridine rings is 1. The maximum atomic E-state index is 12.6. The van der Waals surface area contributed by atoms with Crippen LogP contribution < -0.4 is 10.0 Å². The quantitative estimate of drug-likeness (QED) is 0.507. The number of carbonyl (C=O) groups is 1. The Morgan fingerprint density at radius 2 is 1.90 bits per heavy atom. The van der Waals surface area contributed by atoms with Crippen molar-refractivity contribution in [3.05, 3.63) is 58.0 Å². The minimum atomic E-state index is -3.73. The van der Waals surface area contributed by atoms with Crippen molar-refractivity contribution in [2.45, 2.75) is 19.6 Å². The first-order valence-electron chi connectivity index (χ1n) is 8.29. The number of thiazole rings is 1. The summed E-state index contributed by atoms with van der Waals surface area (Å²) in [5, 5.41) is 3.63. The van der Waals surface area contributed by atoms with E-state index in [1.54, 1.807) is 37.3 Å². The minimum Gasteiger partial charge on any atom is -0.302 e. The third-order valence-electron chi connectivity index (χ3n) is 3.72. The number of aryl methyl sites for hydroxylation is 1. The Morgan fingerprint density at radius 3 is 2.55 bits per heavy atom. The number of benzene rings is 1. The van der Waals surface area contributed by atoms with Gasteiger partial charge in [-0.25, -0.2) is 18.4 Å². The molecule has 2 aromatic heterocycles. The van der Waals surface area contributed by atoms with Crippen LogP contribution in [0.1, 0.15) is 18.2 Å². The van der Waals surface area contributed by atoms with E-state index < -0.39 is 10.0 Å². The highest BCUT2D eigenvalue weighted by Gasteiger charge is 2.17. The summed E-state index contributed by atoms with van der Waals surface area (Å²) in [7, 11) is -3.73. The number of anilines is 2. The number of nitrogens with zero attached hydrogens (tertiary/aromatic N) is 2. The summed E-state index contributed by atoms with van der Waals surface area (Å²) in [5.41, 5.74) is 2.05. The molecule has 0 atom stereocenters. The molecule has 152 valence electrons. The fraction of sp³-hybridized carbons (Fsp3) is 0.167. The highest BCUT2D eigenvalue weighted by Crippen LogP contribution is 2.35. The zero-order valence-electron chi connectivity index (χ0n) is 15.4. The van der Waals surface area contributed by atoms with Crippen LogP contribution in [0.2, 0.25) is 10.2 Å². The Balaban J connectivity index is 1.86. The first-order valence-corrected chi connectivity index (χ1v) is 11.5. The maximum Gasteiger partial charge on any atom is 0.237 e. The highest BCUT2D eigenvalue weighted by molar-refractivity contribution is 7.91. The van der Waals surface area contributed by atoms with E-state index in [1.807, 2.05) is 0 Å². The molecular weight excluding hydrogens is 455 g/mol. The third-order valence-corrected chi connectivity index (χ3v) is 6.64. The summed E-state index contributed by atoms with van der Waals surface area (Å²) in [6, 6.07) is 8.12. The van der Waals surface area contributed by atoms with E-state index in [4.69, 9.17) is 23.2 Å². The Morgan fingerprint density at radius 1 is 1.21 bits per heavy atom. The van der Waals surface area contributed by atoms with Crippen molar-refractivity contribution in [1.82, 2.24) is 9.97 Å². The number of rotatable bonds is 6. The molecule has 0 bridgehead atoms. The Labute approximate surface area is 182 Å². The van der Waals surface area contributed by atoms with Crippen molar-refractivity contribution >= 4 is 61.3 Å². The van der Waals surface area contributed by atoms with Crippen molar-refractivity contribution in [3.63, 3.8) is 0 Å². The monoisotopic (exact) mass is 470 g/mol. The van der Waals surface area contributed by atoms with Gasteiger partial charge in [0.2, 0.25) is 15.9 Å². The Hall–Kier alpha value is -2.20. The van der Waals surface area contributed by atoms with E-state index in [9.17, 15) is 13.2 Å². The van der Waals surface area contributed by atoms with Crippen LogP contribution in [0, 0.1) is 6.92 Å². The average Bonchev–Trinajstić information content (AvgIpc) is 2.98. The first-order chi connectivity index (χ1) is 13.6. The van der Waals surface area contributed by atoms with Gasteiger partial charge >= 0.3 is 0 Å². The lowest BCUT2D eigenvalue weighted by Gasteiger charge is -2.11. The number of aromatic nitrogens is 2. The number of halogens is 2. The van der Waals surface area contributed by atoms with E-state index in [1.165, 1.54) is 24.5 Å². The summed E-state index contributed by atoms with van der Waals surface area (Å²) in [6.07, 6.45) is 1.53. The topological polar surface area (TPSA) is 101 Å². The normalized spacial score (nSPS) is 11.3. The lowest BCUT2D eigenvalue weighted by molar-refractivity contribution is -0.114. The predicted octanol–water partition coefficient (Wildman–Crippen LogP) is 4.72. The predicted molar refractivity (Wildman–Crippen MR) is 117 cm³/mol. The molecule has 0 unspecified atom stereocenters. The molecule has 0 saturated heterocycles. The molecule has 1 amide bonds. The SMILES string of the molecule is CC(=O)Nc1nc(C)c(-c2cnc(Cl)c(NS(=O)(=O)Cc3ccc(Cl)cc3)c2)s1. The Bertz CT molecular complexity index is 1160. The number of hydrogen-bond donors (Lipinski definition) is 2. The van der Waals surface area contributed by atoms with E-state index >= 15 is 0 Å². The number of carbonyl (C=O) groups excluding carboxylic acids is 1. The smallest absolute Gasteiger partial charge is 0.237 e. The van der Waals surface area contributed by atoms with E-state index in [2.05, 4.69) is 20.0 Å². The fourth-order valence-corrected chi connectivity index (χ4v) is 5.04. The van der Waals surface area contributed by atoms with Crippen LogP contribution in [-0.2, 0) is 20.6 Å². The van der Waals surface area contributed by atoms with Gasteiger partial charge in [-0.1, -0.05) is 46.7 Å². The van der Waals surface area contributed by atoms with Gasteiger partial charge in [0, 0.05) is 23.7 Å². The minimum absolute atomic E-state index is 0.0256. The van der Waals surface area contributed by atoms with E-state index in [0.717, 1.165) is 4.88 Å². The molecule has 3 aromatic rings. The van der Waals surface area contributed by atoms with Crippen LogP contribution in [-0.4, -0.2) is 24.3 Å². The molecule has 1 aromatic carbocycles. The second kappa shape index (κ2) is 8.66. The van der Waals surface area contributed by atoms with Crippen LogP contribution >= 0.6 is 34.5 Å². The van der Waals surface area contributed by atoms with Gasteiger partial charge < -0.3 is 5.32 Å². The van der Waals surface area contributed by atoms with E-state index in [-0.39, 0.29) is 22.5 Å². The number of nitrogens with one attached hydrogen (secondary N) is 2. The molecule has 0 aliphatic rings. The molecule has 7 nitrogen and oxygen atoms in total. The van der Waals surface area contributed by atoms with Gasteiger partial charge in [-0.15, -0.1) is 0 Å². The van der Waals surface area contributed by atoms with Crippen LogP contribution in [0.25, 0.3) is 10.4 Å². The molecule has 0 saturated carbocycles. The van der Waals surface area contributed by atoms with Crippen molar-refractivity contribution in [2.75, 3.05) is 10.0 Å². The van der Waals surface area contributed by atoms with Gasteiger partial charge in [0.25, 0.3) is 0 Å². The first kappa shape index (κ1) is 21.5.